The van der Waals surface area contributed by atoms with Crippen molar-refractivity contribution in [2.24, 2.45) is 4.99 Å². The summed E-state index contributed by atoms with van der Waals surface area (Å²) >= 11 is 0. The minimum Gasteiger partial charge on any atom is -0.506 e. The summed E-state index contributed by atoms with van der Waals surface area (Å²) in [6.45, 7) is 1.37. The zero-order valence-corrected chi connectivity index (χ0v) is 11.1. The van der Waals surface area contributed by atoms with Crippen molar-refractivity contribution in [3.63, 3.8) is 0 Å². The molecule has 0 spiro atoms. The Morgan fingerprint density at radius 3 is 2.24 bits per heavy atom. The molecular formula is C13H11F4NO3. The molecule has 0 saturated heterocycles. The largest absolute Gasteiger partial charge is 0.506 e. The lowest BCUT2D eigenvalue weighted by atomic mass is 10.1. The second-order valence-electron chi connectivity index (χ2n) is 3.71. The Balaban J connectivity index is 3.61. The number of hydrogen-bond donors (Lipinski definition) is 1. The van der Waals surface area contributed by atoms with E-state index >= 15 is 0 Å². The first kappa shape index (κ1) is 16.7. The Morgan fingerprint density at radius 1 is 1.29 bits per heavy atom. The molecule has 0 heterocycles. The minimum atomic E-state index is -1.84. The number of esters is 1. The van der Waals surface area contributed by atoms with Gasteiger partial charge in [-0.25, -0.2) is 22.4 Å². The number of nitrogens with zero attached hydrogens (tertiary/aromatic N) is 1. The standard InChI is InChI=1S/C13H11F4NO3/c1-3-21-13(20)6(5-18-2)12(19)9-10(16)7(14)4-8(15)11(9)17/h4-5,19H,3H2,1-2H3. The van der Waals surface area contributed by atoms with Crippen molar-refractivity contribution in [2.45, 2.75) is 6.92 Å². The van der Waals surface area contributed by atoms with E-state index in [4.69, 9.17) is 0 Å². The first-order valence-electron chi connectivity index (χ1n) is 5.71. The number of hydrogen-bond acceptors (Lipinski definition) is 4. The first-order chi connectivity index (χ1) is 9.84. The molecule has 1 aromatic carbocycles. The van der Waals surface area contributed by atoms with Gasteiger partial charge in [-0.2, -0.15) is 0 Å². The van der Waals surface area contributed by atoms with Crippen LogP contribution in [0, 0.1) is 23.3 Å². The van der Waals surface area contributed by atoms with Gasteiger partial charge in [0.25, 0.3) is 0 Å². The number of carbonyl (C=O) groups excluding carboxylic acids is 1. The number of aliphatic imine (C=N–C) groups is 1. The van der Waals surface area contributed by atoms with Crippen molar-refractivity contribution >= 4 is 17.9 Å². The molecule has 0 aliphatic rings. The molecule has 0 radical (unpaired) electrons. The van der Waals surface area contributed by atoms with Crippen LogP contribution in [-0.2, 0) is 9.53 Å². The molecule has 4 nitrogen and oxygen atoms in total. The van der Waals surface area contributed by atoms with Gasteiger partial charge >= 0.3 is 5.97 Å². The van der Waals surface area contributed by atoms with E-state index in [2.05, 4.69) is 9.73 Å². The summed E-state index contributed by atoms with van der Waals surface area (Å²) in [4.78, 5) is 15.0. The van der Waals surface area contributed by atoms with E-state index in [1.807, 2.05) is 0 Å². The molecule has 114 valence electrons. The quantitative estimate of drug-likeness (QED) is 0.232. The Morgan fingerprint density at radius 2 is 1.81 bits per heavy atom. The SMILES string of the molecule is CCOC(=O)C(C=NC)=C(O)c1c(F)c(F)cc(F)c1F. The molecule has 0 aliphatic carbocycles. The van der Waals surface area contributed by atoms with Gasteiger partial charge in [-0.3, -0.25) is 4.99 Å². The topological polar surface area (TPSA) is 58.9 Å². The van der Waals surface area contributed by atoms with Crippen LogP contribution in [0.3, 0.4) is 0 Å². The Hall–Kier alpha value is -2.38. The van der Waals surface area contributed by atoms with Crippen LogP contribution in [0.2, 0.25) is 0 Å². The molecular weight excluding hydrogens is 294 g/mol. The molecule has 0 saturated carbocycles. The van der Waals surface area contributed by atoms with Gasteiger partial charge in [0.15, 0.2) is 23.3 Å². The molecule has 21 heavy (non-hydrogen) atoms. The number of halogens is 4. The summed E-state index contributed by atoms with van der Waals surface area (Å²) in [6.07, 6.45) is 0.759. The highest BCUT2D eigenvalue weighted by atomic mass is 19.2. The number of aliphatic hydroxyl groups excluding tert-OH is 1. The predicted octanol–water partition coefficient (Wildman–Crippen LogP) is 2.78. The molecule has 1 rings (SSSR count). The Kier molecular flexibility index (Phi) is 5.45. The zero-order chi connectivity index (χ0) is 16.2. The van der Waals surface area contributed by atoms with Gasteiger partial charge in [0.2, 0.25) is 0 Å². The summed E-state index contributed by atoms with van der Waals surface area (Å²) in [5, 5.41) is 9.79. The van der Waals surface area contributed by atoms with E-state index in [1.165, 1.54) is 14.0 Å². The van der Waals surface area contributed by atoms with Crippen molar-refractivity contribution in [1.29, 1.82) is 0 Å². The highest BCUT2D eigenvalue weighted by Gasteiger charge is 2.26. The van der Waals surface area contributed by atoms with Gasteiger partial charge in [0.1, 0.15) is 11.3 Å². The van der Waals surface area contributed by atoms with Gasteiger partial charge in [-0.05, 0) is 6.92 Å². The summed E-state index contributed by atoms with van der Waals surface area (Å²) in [5.41, 5.74) is -2.14. The van der Waals surface area contributed by atoms with E-state index in [0.717, 1.165) is 6.21 Å². The number of rotatable bonds is 4. The number of ether oxygens (including phenoxy) is 1. The fourth-order valence-electron chi connectivity index (χ4n) is 1.46. The Labute approximate surface area is 117 Å². The maximum atomic E-state index is 13.6. The molecule has 0 atom stereocenters. The van der Waals surface area contributed by atoms with Crippen LogP contribution in [0.15, 0.2) is 16.6 Å². The molecule has 0 aliphatic heterocycles. The molecule has 1 aromatic rings. The molecule has 0 bridgehead atoms. The average molecular weight is 305 g/mol. The van der Waals surface area contributed by atoms with Gasteiger partial charge in [0, 0.05) is 19.3 Å². The molecule has 8 heteroatoms. The lowest BCUT2D eigenvalue weighted by molar-refractivity contribution is -0.137. The minimum absolute atomic E-state index is 0.0145. The van der Waals surface area contributed by atoms with E-state index < -0.39 is 46.1 Å². The fourth-order valence-corrected chi connectivity index (χ4v) is 1.46. The maximum absolute atomic E-state index is 13.6. The van der Waals surface area contributed by atoms with Crippen LogP contribution in [-0.4, -0.2) is 30.9 Å². The molecule has 0 amide bonds. The Bertz CT molecular complexity index is 600. The highest BCUT2D eigenvalue weighted by Crippen LogP contribution is 2.26. The van der Waals surface area contributed by atoms with Gasteiger partial charge < -0.3 is 9.84 Å². The average Bonchev–Trinajstić information content (AvgIpc) is 2.43. The van der Waals surface area contributed by atoms with Crippen molar-refractivity contribution in [3.8, 4) is 0 Å². The highest BCUT2D eigenvalue weighted by molar-refractivity contribution is 6.15. The van der Waals surface area contributed by atoms with Crippen molar-refractivity contribution in [2.75, 3.05) is 13.7 Å². The van der Waals surface area contributed by atoms with Crippen LogP contribution in [0.4, 0.5) is 17.6 Å². The lowest BCUT2D eigenvalue weighted by Gasteiger charge is -2.09. The summed E-state index contributed by atoms with van der Waals surface area (Å²) in [6, 6.07) is -0.0145. The lowest BCUT2D eigenvalue weighted by Crippen LogP contribution is -2.13. The number of carbonyl (C=O) groups is 1. The third-order valence-corrected chi connectivity index (χ3v) is 2.36. The van der Waals surface area contributed by atoms with Crippen LogP contribution in [0.5, 0.6) is 0 Å². The first-order valence-corrected chi connectivity index (χ1v) is 5.71. The second-order valence-corrected chi connectivity index (χ2v) is 3.71. The fraction of sp³-hybridized carbons (Fsp3) is 0.231. The predicted molar refractivity (Wildman–Crippen MR) is 66.9 cm³/mol. The van der Waals surface area contributed by atoms with Gasteiger partial charge in [-0.1, -0.05) is 0 Å². The maximum Gasteiger partial charge on any atom is 0.343 e. The number of benzene rings is 1. The molecule has 0 unspecified atom stereocenters. The van der Waals surface area contributed by atoms with Crippen LogP contribution < -0.4 is 0 Å². The van der Waals surface area contributed by atoms with E-state index in [0.29, 0.717) is 0 Å². The van der Waals surface area contributed by atoms with E-state index in [-0.39, 0.29) is 12.7 Å². The van der Waals surface area contributed by atoms with Gasteiger partial charge in [-0.15, -0.1) is 0 Å². The van der Waals surface area contributed by atoms with Crippen LogP contribution in [0.1, 0.15) is 12.5 Å². The zero-order valence-electron chi connectivity index (χ0n) is 11.1. The van der Waals surface area contributed by atoms with E-state index in [9.17, 15) is 27.5 Å². The third-order valence-electron chi connectivity index (χ3n) is 2.36. The molecule has 0 fully saturated rings. The monoisotopic (exact) mass is 305 g/mol. The smallest absolute Gasteiger partial charge is 0.343 e. The third kappa shape index (κ3) is 3.39. The second kappa shape index (κ2) is 6.87. The summed E-state index contributed by atoms with van der Waals surface area (Å²) in [7, 11) is 1.21. The van der Waals surface area contributed by atoms with Crippen molar-refractivity contribution in [3.05, 3.63) is 40.5 Å². The van der Waals surface area contributed by atoms with E-state index in [1.54, 1.807) is 0 Å². The molecule has 0 aromatic heterocycles. The van der Waals surface area contributed by atoms with Crippen molar-refractivity contribution in [1.82, 2.24) is 0 Å². The normalized spacial score (nSPS) is 12.5. The number of aliphatic hydroxyl groups is 1. The summed E-state index contributed by atoms with van der Waals surface area (Å²) in [5.74, 6) is -9.56. The van der Waals surface area contributed by atoms with Gasteiger partial charge in [0.05, 0.1) is 12.2 Å². The van der Waals surface area contributed by atoms with Crippen LogP contribution >= 0.6 is 0 Å². The van der Waals surface area contributed by atoms with Crippen LogP contribution in [0.25, 0.3) is 5.76 Å². The molecule has 1 N–H and O–H groups in total. The van der Waals surface area contributed by atoms with Crippen molar-refractivity contribution < 1.29 is 32.2 Å². The summed E-state index contributed by atoms with van der Waals surface area (Å²) < 4.78 is 57.9.